The van der Waals surface area contributed by atoms with Gasteiger partial charge in [-0.1, -0.05) is 12.1 Å². The van der Waals surface area contributed by atoms with E-state index in [9.17, 15) is 4.79 Å². The Labute approximate surface area is 191 Å². The number of ether oxygens (including phenoxy) is 3. The van der Waals surface area contributed by atoms with Gasteiger partial charge in [-0.15, -0.1) is 10.2 Å². The Morgan fingerprint density at radius 3 is 2.48 bits per heavy atom. The molecule has 1 saturated heterocycles. The Balaban J connectivity index is 1.18. The first kappa shape index (κ1) is 20.9. The number of aromatic nitrogens is 2. The van der Waals surface area contributed by atoms with Gasteiger partial charge in [-0.05, 0) is 36.4 Å². The number of nitrogens with zero attached hydrogens (tertiary/aromatic N) is 4. The van der Waals surface area contributed by atoms with Crippen molar-refractivity contribution in [2.24, 2.45) is 0 Å². The van der Waals surface area contributed by atoms with Gasteiger partial charge in [-0.25, -0.2) is 4.79 Å². The van der Waals surface area contributed by atoms with Gasteiger partial charge < -0.3 is 29.3 Å². The molecule has 3 heterocycles. The van der Waals surface area contributed by atoms with E-state index in [0.29, 0.717) is 56.6 Å². The lowest BCUT2D eigenvalue weighted by molar-refractivity contribution is 0.171. The molecule has 0 bridgehead atoms. The van der Waals surface area contributed by atoms with Crippen LogP contribution in [-0.2, 0) is 0 Å². The number of carbonyl (C=O) groups is 1. The average molecular weight is 447 g/mol. The van der Waals surface area contributed by atoms with E-state index in [2.05, 4.69) is 20.4 Å². The van der Waals surface area contributed by atoms with Crippen molar-refractivity contribution in [2.75, 3.05) is 56.7 Å². The Hall–Kier alpha value is -4.01. The molecule has 0 spiro atoms. The van der Waals surface area contributed by atoms with Crippen molar-refractivity contribution in [1.29, 1.82) is 0 Å². The number of hydrogen-bond acceptors (Lipinski definition) is 7. The second-order valence-corrected chi connectivity index (χ2v) is 7.74. The van der Waals surface area contributed by atoms with Crippen molar-refractivity contribution < 1.29 is 19.0 Å². The molecule has 0 aliphatic carbocycles. The Morgan fingerprint density at radius 2 is 1.73 bits per heavy atom. The maximum atomic E-state index is 12.7. The van der Waals surface area contributed by atoms with Crippen LogP contribution in [0, 0.1) is 0 Å². The fourth-order valence-corrected chi connectivity index (χ4v) is 3.96. The summed E-state index contributed by atoms with van der Waals surface area (Å²) in [6.07, 6.45) is 0. The molecule has 9 heteroatoms. The Morgan fingerprint density at radius 1 is 0.939 bits per heavy atom. The number of carbonyl (C=O) groups excluding carboxylic acids is 1. The third kappa shape index (κ3) is 4.48. The SMILES string of the molecule is COc1ccccc1-c1ccc(N2CCN(C(=O)Nc3ccc4c(c3)OCCO4)CC2)nn1. The van der Waals surface area contributed by atoms with Crippen LogP contribution in [-0.4, -0.2) is 67.6 Å². The lowest BCUT2D eigenvalue weighted by atomic mass is 10.1. The van der Waals surface area contributed by atoms with Crippen LogP contribution in [0.5, 0.6) is 17.2 Å². The van der Waals surface area contributed by atoms with Crippen LogP contribution >= 0.6 is 0 Å². The highest BCUT2D eigenvalue weighted by Gasteiger charge is 2.23. The summed E-state index contributed by atoms with van der Waals surface area (Å²) in [5.74, 6) is 2.91. The third-order valence-electron chi connectivity index (χ3n) is 5.72. The van der Waals surface area contributed by atoms with Crippen LogP contribution in [0.15, 0.2) is 54.6 Å². The zero-order valence-electron chi connectivity index (χ0n) is 18.4. The summed E-state index contributed by atoms with van der Waals surface area (Å²) in [6, 6.07) is 16.9. The van der Waals surface area contributed by atoms with Gasteiger partial charge in [-0.3, -0.25) is 0 Å². The Bertz CT molecular complexity index is 1130. The van der Waals surface area contributed by atoms with E-state index in [1.807, 2.05) is 48.5 Å². The van der Waals surface area contributed by atoms with Gasteiger partial charge in [0.2, 0.25) is 0 Å². The predicted octanol–water partition coefficient (Wildman–Crippen LogP) is 3.28. The van der Waals surface area contributed by atoms with E-state index in [-0.39, 0.29) is 6.03 Å². The molecule has 9 nitrogen and oxygen atoms in total. The van der Waals surface area contributed by atoms with E-state index in [0.717, 1.165) is 22.8 Å². The van der Waals surface area contributed by atoms with Crippen molar-refractivity contribution in [1.82, 2.24) is 15.1 Å². The fourth-order valence-electron chi connectivity index (χ4n) is 3.96. The Kier molecular flexibility index (Phi) is 5.84. The number of nitrogens with one attached hydrogen (secondary N) is 1. The normalized spacial score (nSPS) is 15.2. The van der Waals surface area contributed by atoms with Crippen molar-refractivity contribution >= 4 is 17.5 Å². The summed E-state index contributed by atoms with van der Waals surface area (Å²) in [4.78, 5) is 16.7. The maximum absolute atomic E-state index is 12.7. The van der Waals surface area contributed by atoms with E-state index >= 15 is 0 Å². The number of para-hydroxylation sites is 1. The minimum atomic E-state index is -0.135. The van der Waals surface area contributed by atoms with E-state index in [1.54, 1.807) is 18.1 Å². The van der Waals surface area contributed by atoms with E-state index < -0.39 is 0 Å². The highest BCUT2D eigenvalue weighted by atomic mass is 16.6. The van der Waals surface area contributed by atoms with Gasteiger partial charge in [0.05, 0.1) is 12.8 Å². The van der Waals surface area contributed by atoms with Crippen molar-refractivity contribution in [3.05, 3.63) is 54.6 Å². The third-order valence-corrected chi connectivity index (χ3v) is 5.72. The quantitative estimate of drug-likeness (QED) is 0.657. The number of piperazine rings is 1. The highest BCUT2D eigenvalue weighted by Crippen LogP contribution is 2.33. The molecular formula is C24H25N5O4. The molecule has 1 fully saturated rings. The highest BCUT2D eigenvalue weighted by molar-refractivity contribution is 5.90. The minimum absolute atomic E-state index is 0.135. The number of hydrogen-bond donors (Lipinski definition) is 1. The lowest BCUT2D eigenvalue weighted by Crippen LogP contribution is -2.50. The van der Waals surface area contributed by atoms with Crippen molar-refractivity contribution in [3.63, 3.8) is 0 Å². The van der Waals surface area contributed by atoms with E-state index in [1.165, 1.54) is 0 Å². The molecule has 33 heavy (non-hydrogen) atoms. The fraction of sp³-hybridized carbons (Fsp3) is 0.292. The standard InChI is InChI=1S/C24H25N5O4/c1-31-20-5-3-2-4-18(20)19-7-9-23(27-26-19)28-10-12-29(13-11-28)24(30)25-17-6-8-21-22(16-17)33-15-14-32-21/h2-9,16H,10-15H2,1H3,(H,25,30). The summed E-state index contributed by atoms with van der Waals surface area (Å²) >= 11 is 0. The zero-order valence-corrected chi connectivity index (χ0v) is 18.4. The number of urea groups is 1. The van der Waals surface area contributed by atoms with Gasteiger partial charge in [-0.2, -0.15) is 0 Å². The maximum Gasteiger partial charge on any atom is 0.321 e. The first-order chi connectivity index (χ1) is 16.2. The van der Waals surface area contributed by atoms with Crippen LogP contribution in [0.4, 0.5) is 16.3 Å². The number of methoxy groups -OCH3 is 1. The lowest BCUT2D eigenvalue weighted by Gasteiger charge is -2.35. The molecule has 0 radical (unpaired) electrons. The van der Waals surface area contributed by atoms with Crippen LogP contribution in [0.1, 0.15) is 0 Å². The van der Waals surface area contributed by atoms with Crippen molar-refractivity contribution in [3.8, 4) is 28.5 Å². The van der Waals surface area contributed by atoms with Gasteiger partial charge in [0.1, 0.15) is 19.0 Å². The number of anilines is 2. The molecule has 2 amide bonds. The minimum Gasteiger partial charge on any atom is -0.496 e. The van der Waals surface area contributed by atoms with E-state index in [4.69, 9.17) is 14.2 Å². The van der Waals surface area contributed by atoms with Gasteiger partial charge in [0, 0.05) is 43.5 Å². The molecule has 2 aliphatic heterocycles. The largest absolute Gasteiger partial charge is 0.496 e. The predicted molar refractivity (Wildman–Crippen MR) is 124 cm³/mol. The molecule has 2 aliphatic rings. The molecular weight excluding hydrogens is 422 g/mol. The van der Waals surface area contributed by atoms with Crippen LogP contribution in [0.25, 0.3) is 11.3 Å². The number of rotatable bonds is 4. The summed E-state index contributed by atoms with van der Waals surface area (Å²) in [5, 5.41) is 11.7. The summed E-state index contributed by atoms with van der Waals surface area (Å²) in [7, 11) is 1.64. The first-order valence-electron chi connectivity index (χ1n) is 10.9. The molecule has 1 aromatic heterocycles. The smallest absolute Gasteiger partial charge is 0.321 e. The number of benzene rings is 2. The van der Waals surface area contributed by atoms with Crippen LogP contribution < -0.4 is 24.4 Å². The molecule has 0 saturated carbocycles. The molecule has 0 unspecified atom stereocenters. The van der Waals surface area contributed by atoms with Gasteiger partial charge in [0.25, 0.3) is 0 Å². The molecule has 3 aromatic rings. The molecule has 2 aromatic carbocycles. The van der Waals surface area contributed by atoms with Gasteiger partial charge >= 0.3 is 6.03 Å². The molecule has 5 rings (SSSR count). The summed E-state index contributed by atoms with van der Waals surface area (Å²) < 4.78 is 16.5. The van der Waals surface area contributed by atoms with Crippen molar-refractivity contribution in [2.45, 2.75) is 0 Å². The molecule has 0 atom stereocenters. The monoisotopic (exact) mass is 447 g/mol. The second kappa shape index (κ2) is 9.23. The number of amides is 2. The zero-order chi connectivity index (χ0) is 22.6. The second-order valence-electron chi connectivity index (χ2n) is 7.74. The number of fused-ring (bicyclic) bond motifs is 1. The van der Waals surface area contributed by atoms with Crippen LogP contribution in [0.3, 0.4) is 0 Å². The topological polar surface area (TPSA) is 89.1 Å². The van der Waals surface area contributed by atoms with Gasteiger partial charge in [0.15, 0.2) is 17.3 Å². The van der Waals surface area contributed by atoms with Crippen LogP contribution in [0.2, 0.25) is 0 Å². The average Bonchev–Trinajstić information content (AvgIpc) is 2.89. The molecule has 1 N–H and O–H groups in total. The first-order valence-corrected chi connectivity index (χ1v) is 10.9. The summed E-state index contributed by atoms with van der Waals surface area (Å²) in [6.45, 7) is 3.58. The molecule has 170 valence electrons. The summed E-state index contributed by atoms with van der Waals surface area (Å²) in [5.41, 5.74) is 2.35.